The SMILES string of the molecule is CCC(C)(NS(=O)(=O)c1cccc(C(C)=O)c1)C(=O)O. The largest absolute Gasteiger partial charge is 0.480 e. The summed E-state index contributed by atoms with van der Waals surface area (Å²) < 4.78 is 26.6. The van der Waals surface area contributed by atoms with Crippen molar-refractivity contribution in [2.45, 2.75) is 37.6 Å². The van der Waals surface area contributed by atoms with Gasteiger partial charge in [0.15, 0.2) is 5.78 Å². The average Bonchev–Trinajstić information content (AvgIpc) is 2.38. The smallest absolute Gasteiger partial charge is 0.324 e. The molecule has 0 amide bonds. The number of carbonyl (C=O) groups is 2. The van der Waals surface area contributed by atoms with Crippen LogP contribution in [0.5, 0.6) is 0 Å². The van der Waals surface area contributed by atoms with Crippen LogP contribution in [0.1, 0.15) is 37.6 Å². The van der Waals surface area contributed by atoms with Gasteiger partial charge in [-0.15, -0.1) is 0 Å². The van der Waals surface area contributed by atoms with Crippen molar-refractivity contribution in [1.29, 1.82) is 0 Å². The minimum Gasteiger partial charge on any atom is -0.480 e. The lowest BCUT2D eigenvalue weighted by atomic mass is 10.0. The Morgan fingerprint density at radius 1 is 1.35 bits per heavy atom. The van der Waals surface area contributed by atoms with Gasteiger partial charge in [-0.1, -0.05) is 19.1 Å². The molecule has 1 rings (SSSR count). The fourth-order valence-electron chi connectivity index (χ4n) is 1.50. The number of carboxylic acids is 1. The summed E-state index contributed by atoms with van der Waals surface area (Å²) in [5, 5.41) is 9.10. The van der Waals surface area contributed by atoms with E-state index in [1.54, 1.807) is 6.92 Å². The van der Waals surface area contributed by atoms with Gasteiger partial charge < -0.3 is 5.11 Å². The molecule has 20 heavy (non-hydrogen) atoms. The number of carboxylic acid groups (broad SMARTS) is 1. The van der Waals surface area contributed by atoms with Crippen LogP contribution in [0.2, 0.25) is 0 Å². The highest BCUT2D eigenvalue weighted by atomic mass is 32.2. The first kappa shape index (κ1) is 16.3. The highest BCUT2D eigenvalue weighted by Gasteiger charge is 2.36. The van der Waals surface area contributed by atoms with Crippen LogP contribution in [0.4, 0.5) is 0 Å². The summed E-state index contributed by atoms with van der Waals surface area (Å²) in [6.45, 7) is 4.19. The van der Waals surface area contributed by atoms with E-state index in [4.69, 9.17) is 5.11 Å². The Morgan fingerprint density at radius 3 is 2.40 bits per heavy atom. The van der Waals surface area contributed by atoms with Gasteiger partial charge in [0.25, 0.3) is 0 Å². The maximum Gasteiger partial charge on any atom is 0.324 e. The molecular formula is C13H17NO5S. The van der Waals surface area contributed by atoms with E-state index in [0.717, 1.165) is 0 Å². The maximum atomic E-state index is 12.2. The predicted molar refractivity (Wildman–Crippen MR) is 73.1 cm³/mol. The van der Waals surface area contributed by atoms with E-state index >= 15 is 0 Å². The molecule has 0 heterocycles. The van der Waals surface area contributed by atoms with Crippen molar-refractivity contribution >= 4 is 21.8 Å². The molecule has 0 radical (unpaired) electrons. The molecule has 0 saturated heterocycles. The summed E-state index contributed by atoms with van der Waals surface area (Å²) in [5.41, 5.74) is -1.34. The highest BCUT2D eigenvalue weighted by molar-refractivity contribution is 7.89. The zero-order valence-corrected chi connectivity index (χ0v) is 12.3. The van der Waals surface area contributed by atoms with Gasteiger partial charge in [-0.25, -0.2) is 8.42 Å². The van der Waals surface area contributed by atoms with Gasteiger partial charge in [0.2, 0.25) is 10.0 Å². The Morgan fingerprint density at radius 2 is 1.95 bits per heavy atom. The molecule has 2 N–H and O–H groups in total. The lowest BCUT2D eigenvalue weighted by molar-refractivity contribution is -0.143. The molecule has 1 aromatic rings. The second kappa shape index (κ2) is 5.72. The van der Waals surface area contributed by atoms with Crippen molar-refractivity contribution in [2.24, 2.45) is 0 Å². The van der Waals surface area contributed by atoms with Gasteiger partial charge in [0.05, 0.1) is 4.90 Å². The summed E-state index contributed by atoms with van der Waals surface area (Å²) in [5.74, 6) is -1.52. The first-order chi connectivity index (χ1) is 9.12. The number of carbonyl (C=O) groups excluding carboxylic acids is 1. The van der Waals surface area contributed by atoms with Gasteiger partial charge in [-0.05, 0) is 32.4 Å². The monoisotopic (exact) mass is 299 g/mol. The molecule has 0 aromatic heterocycles. The molecule has 0 saturated carbocycles. The van der Waals surface area contributed by atoms with Gasteiger partial charge in [0.1, 0.15) is 5.54 Å². The fraction of sp³-hybridized carbons (Fsp3) is 0.385. The van der Waals surface area contributed by atoms with Gasteiger partial charge in [-0.2, -0.15) is 4.72 Å². The molecule has 0 spiro atoms. The van der Waals surface area contributed by atoms with Crippen LogP contribution in [0, 0.1) is 0 Å². The van der Waals surface area contributed by atoms with E-state index in [1.165, 1.54) is 38.1 Å². The van der Waals surface area contributed by atoms with Crippen LogP contribution < -0.4 is 4.72 Å². The molecule has 0 bridgehead atoms. The minimum atomic E-state index is -4.01. The van der Waals surface area contributed by atoms with Crippen LogP contribution in [0.15, 0.2) is 29.2 Å². The minimum absolute atomic E-state index is 0.0912. The van der Waals surface area contributed by atoms with E-state index in [1.807, 2.05) is 0 Å². The molecule has 0 aliphatic carbocycles. The molecule has 6 nitrogen and oxygen atoms in total. The van der Waals surface area contributed by atoms with Crippen molar-refractivity contribution in [3.63, 3.8) is 0 Å². The van der Waals surface area contributed by atoms with Gasteiger partial charge >= 0.3 is 5.97 Å². The summed E-state index contributed by atoms with van der Waals surface area (Å²) >= 11 is 0. The van der Waals surface area contributed by atoms with Crippen molar-refractivity contribution in [2.75, 3.05) is 0 Å². The number of nitrogens with one attached hydrogen (secondary N) is 1. The first-order valence-corrected chi connectivity index (χ1v) is 7.49. The van der Waals surface area contributed by atoms with Crippen LogP contribution in [0.3, 0.4) is 0 Å². The van der Waals surface area contributed by atoms with Crippen molar-refractivity contribution < 1.29 is 23.1 Å². The van der Waals surface area contributed by atoms with E-state index in [-0.39, 0.29) is 22.7 Å². The Kier molecular flexibility index (Phi) is 4.67. The van der Waals surface area contributed by atoms with Crippen molar-refractivity contribution in [3.8, 4) is 0 Å². The second-order valence-corrected chi connectivity index (χ2v) is 6.36. The quantitative estimate of drug-likeness (QED) is 0.774. The third-order valence-electron chi connectivity index (χ3n) is 3.09. The summed E-state index contributed by atoms with van der Waals surface area (Å²) in [4.78, 5) is 22.3. The molecule has 7 heteroatoms. The molecule has 1 aromatic carbocycles. The molecule has 0 fully saturated rings. The van der Waals surface area contributed by atoms with E-state index in [0.29, 0.717) is 0 Å². The third-order valence-corrected chi connectivity index (χ3v) is 4.68. The molecule has 110 valence electrons. The van der Waals surface area contributed by atoms with E-state index in [2.05, 4.69) is 4.72 Å². The Balaban J connectivity index is 3.21. The fourth-order valence-corrected chi connectivity index (χ4v) is 2.99. The Bertz CT molecular complexity index is 638. The molecular weight excluding hydrogens is 282 g/mol. The van der Waals surface area contributed by atoms with Crippen molar-refractivity contribution in [3.05, 3.63) is 29.8 Å². The molecule has 1 atom stereocenters. The number of hydrogen-bond donors (Lipinski definition) is 2. The van der Waals surface area contributed by atoms with Crippen LogP contribution in [0.25, 0.3) is 0 Å². The van der Waals surface area contributed by atoms with E-state index < -0.39 is 21.5 Å². The van der Waals surface area contributed by atoms with E-state index in [9.17, 15) is 18.0 Å². The lowest BCUT2D eigenvalue weighted by Gasteiger charge is -2.24. The van der Waals surface area contributed by atoms with Crippen LogP contribution in [-0.4, -0.2) is 30.8 Å². The van der Waals surface area contributed by atoms with Gasteiger partial charge in [-0.3, -0.25) is 9.59 Å². The zero-order valence-electron chi connectivity index (χ0n) is 11.5. The highest BCUT2D eigenvalue weighted by Crippen LogP contribution is 2.17. The number of aliphatic carboxylic acids is 1. The number of Topliss-reactive ketones (excluding diaryl/α,β-unsaturated/α-hetero) is 1. The summed E-state index contributed by atoms with van der Waals surface area (Å²) in [7, 11) is -4.01. The Labute approximate surface area is 117 Å². The predicted octanol–water partition coefficient (Wildman–Crippen LogP) is 1.42. The lowest BCUT2D eigenvalue weighted by Crippen LogP contribution is -2.51. The third kappa shape index (κ3) is 3.43. The van der Waals surface area contributed by atoms with Gasteiger partial charge in [0, 0.05) is 5.56 Å². The average molecular weight is 299 g/mol. The number of ketones is 1. The van der Waals surface area contributed by atoms with Crippen LogP contribution >= 0.6 is 0 Å². The maximum absolute atomic E-state index is 12.2. The Hall–Kier alpha value is -1.73. The molecule has 0 aliphatic rings. The number of benzene rings is 1. The molecule has 0 aliphatic heterocycles. The number of rotatable bonds is 6. The first-order valence-electron chi connectivity index (χ1n) is 6.01. The van der Waals surface area contributed by atoms with Crippen LogP contribution in [-0.2, 0) is 14.8 Å². The standard InChI is InChI=1S/C13H17NO5S/c1-4-13(3,12(16)17)14-20(18,19)11-7-5-6-10(8-11)9(2)15/h5-8,14H,4H2,1-3H3,(H,16,17). The number of hydrogen-bond acceptors (Lipinski definition) is 4. The summed E-state index contributed by atoms with van der Waals surface area (Å²) in [6, 6.07) is 5.47. The molecule has 1 unspecified atom stereocenters. The second-order valence-electron chi connectivity index (χ2n) is 4.68. The number of sulfonamides is 1. The zero-order chi connectivity index (χ0) is 15.6. The van der Waals surface area contributed by atoms with Crippen molar-refractivity contribution in [1.82, 2.24) is 4.72 Å². The summed E-state index contributed by atoms with van der Waals surface area (Å²) in [6.07, 6.45) is 0.0912. The topological polar surface area (TPSA) is 101 Å². The normalized spacial score (nSPS) is 14.6.